The number of hydrogen-bond donors (Lipinski definition) is 2. The van der Waals surface area contributed by atoms with Gasteiger partial charge in [0.2, 0.25) is 5.91 Å². The molecule has 0 radical (unpaired) electrons. The second-order valence-electron chi connectivity index (χ2n) is 5.75. The molecule has 0 aromatic rings. The Kier molecular flexibility index (Phi) is 5.37. The fraction of sp³-hybridized carbons (Fsp3) is 0.857. The van der Waals surface area contributed by atoms with E-state index in [1.54, 1.807) is 0 Å². The average Bonchev–Trinajstić information content (AvgIpc) is 3.00. The predicted molar refractivity (Wildman–Crippen MR) is 77.5 cm³/mol. The van der Waals surface area contributed by atoms with Crippen molar-refractivity contribution < 1.29 is 9.59 Å². The number of nitrogens with one attached hydrogen (secondary N) is 2. The number of imide groups is 1. The highest BCUT2D eigenvalue weighted by Crippen LogP contribution is 2.24. The van der Waals surface area contributed by atoms with E-state index in [2.05, 4.69) is 20.4 Å². The highest BCUT2D eigenvalue weighted by atomic mass is 16.2. The molecule has 2 aliphatic rings. The van der Waals surface area contributed by atoms with Crippen LogP contribution >= 0.6 is 0 Å². The van der Waals surface area contributed by atoms with E-state index in [-0.39, 0.29) is 11.9 Å². The number of hydrogen-bond acceptors (Lipinski definition) is 4. The monoisotopic (exact) mass is 282 g/mol. The Morgan fingerprint density at radius 3 is 2.25 bits per heavy atom. The molecule has 2 N–H and O–H groups in total. The maximum absolute atomic E-state index is 11.9. The fourth-order valence-corrected chi connectivity index (χ4v) is 3.20. The van der Waals surface area contributed by atoms with Crippen LogP contribution in [-0.2, 0) is 4.79 Å². The second kappa shape index (κ2) is 7.04. The third-order valence-electron chi connectivity index (χ3n) is 4.58. The molecule has 1 aliphatic carbocycles. The van der Waals surface area contributed by atoms with Gasteiger partial charge in [-0.3, -0.25) is 19.9 Å². The summed E-state index contributed by atoms with van der Waals surface area (Å²) >= 11 is 0. The van der Waals surface area contributed by atoms with E-state index < -0.39 is 6.03 Å². The molecular weight excluding hydrogens is 256 g/mol. The lowest BCUT2D eigenvalue weighted by Gasteiger charge is -2.40. The van der Waals surface area contributed by atoms with Crippen molar-refractivity contribution in [2.75, 3.05) is 33.2 Å². The van der Waals surface area contributed by atoms with Gasteiger partial charge in [-0.2, -0.15) is 0 Å². The summed E-state index contributed by atoms with van der Waals surface area (Å²) in [6, 6.07) is 0.0663. The van der Waals surface area contributed by atoms with Gasteiger partial charge in [-0.05, 0) is 19.8 Å². The Hall–Kier alpha value is -1.14. The van der Waals surface area contributed by atoms with E-state index in [1.807, 2.05) is 6.92 Å². The first-order valence-electron chi connectivity index (χ1n) is 7.62. The summed E-state index contributed by atoms with van der Waals surface area (Å²) in [7, 11) is 1.51. The first-order valence-corrected chi connectivity index (χ1v) is 7.62. The van der Waals surface area contributed by atoms with Crippen LogP contribution in [0.4, 0.5) is 4.79 Å². The largest absolute Gasteiger partial charge is 0.341 e. The molecule has 0 unspecified atom stereocenters. The van der Waals surface area contributed by atoms with Gasteiger partial charge in [-0.1, -0.05) is 12.8 Å². The third kappa shape index (κ3) is 3.70. The maximum atomic E-state index is 11.9. The number of piperazine rings is 1. The Morgan fingerprint density at radius 1 is 1.10 bits per heavy atom. The minimum Gasteiger partial charge on any atom is -0.341 e. The van der Waals surface area contributed by atoms with Crippen LogP contribution in [-0.4, -0.2) is 67.0 Å². The first-order chi connectivity index (χ1) is 9.61. The SMILES string of the molecule is CNC(=O)NC(=O)[C@@H](C)N1CCN(C2CCCC2)CC1. The van der Waals surface area contributed by atoms with Crippen LogP contribution in [0.5, 0.6) is 0 Å². The molecule has 114 valence electrons. The molecule has 1 saturated carbocycles. The van der Waals surface area contributed by atoms with Crippen LogP contribution in [0.25, 0.3) is 0 Å². The van der Waals surface area contributed by atoms with Gasteiger partial charge in [-0.25, -0.2) is 4.79 Å². The number of urea groups is 1. The molecule has 0 spiro atoms. The van der Waals surface area contributed by atoms with Gasteiger partial charge in [0, 0.05) is 39.3 Å². The van der Waals surface area contributed by atoms with Crippen LogP contribution in [0.1, 0.15) is 32.6 Å². The zero-order valence-electron chi connectivity index (χ0n) is 12.5. The molecule has 2 fully saturated rings. The van der Waals surface area contributed by atoms with Crippen molar-refractivity contribution >= 4 is 11.9 Å². The summed E-state index contributed by atoms with van der Waals surface area (Å²) in [6.07, 6.45) is 5.37. The standard InChI is InChI=1S/C14H26N4O2/c1-11(13(19)16-14(20)15-2)17-7-9-18(10-8-17)12-5-3-4-6-12/h11-12H,3-10H2,1-2H3,(H2,15,16,19,20)/t11-/m1/s1. The van der Waals surface area contributed by atoms with Crippen molar-refractivity contribution in [1.82, 2.24) is 20.4 Å². The lowest BCUT2D eigenvalue weighted by molar-refractivity contribution is -0.125. The minimum absolute atomic E-state index is 0.223. The zero-order chi connectivity index (χ0) is 14.5. The summed E-state index contributed by atoms with van der Waals surface area (Å²) in [5.74, 6) is -0.223. The quantitative estimate of drug-likeness (QED) is 0.786. The van der Waals surface area contributed by atoms with Crippen molar-refractivity contribution in [1.29, 1.82) is 0 Å². The van der Waals surface area contributed by atoms with Crippen LogP contribution in [0.15, 0.2) is 0 Å². The number of nitrogens with zero attached hydrogens (tertiary/aromatic N) is 2. The summed E-state index contributed by atoms with van der Waals surface area (Å²) in [5.41, 5.74) is 0. The molecule has 20 heavy (non-hydrogen) atoms. The Bertz CT molecular complexity index is 347. The molecule has 0 aromatic carbocycles. The van der Waals surface area contributed by atoms with Crippen LogP contribution in [0, 0.1) is 0 Å². The Morgan fingerprint density at radius 2 is 1.70 bits per heavy atom. The van der Waals surface area contributed by atoms with Crippen molar-refractivity contribution in [3.8, 4) is 0 Å². The fourth-order valence-electron chi connectivity index (χ4n) is 3.20. The lowest BCUT2D eigenvalue weighted by atomic mass is 10.1. The van der Waals surface area contributed by atoms with Crippen molar-refractivity contribution in [3.05, 3.63) is 0 Å². The molecule has 6 nitrogen and oxygen atoms in total. The maximum Gasteiger partial charge on any atom is 0.321 e. The van der Waals surface area contributed by atoms with Crippen molar-refractivity contribution in [2.24, 2.45) is 0 Å². The zero-order valence-corrected chi connectivity index (χ0v) is 12.5. The van der Waals surface area contributed by atoms with E-state index in [0.29, 0.717) is 0 Å². The van der Waals surface area contributed by atoms with Crippen LogP contribution in [0.2, 0.25) is 0 Å². The van der Waals surface area contributed by atoms with E-state index in [4.69, 9.17) is 0 Å². The topological polar surface area (TPSA) is 64.7 Å². The number of carbonyl (C=O) groups is 2. The normalized spacial score (nSPS) is 23.5. The van der Waals surface area contributed by atoms with Gasteiger partial charge in [-0.15, -0.1) is 0 Å². The van der Waals surface area contributed by atoms with Gasteiger partial charge in [0.15, 0.2) is 0 Å². The van der Waals surface area contributed by atoms with E-state index in [0.717, 1.165) is 32.2 Å². The minimum atomic E-state index is -0.438. The molecule has 6 heteroatoms. The van der Waals surface area contributed by atoms with Crippen molar-refractivity contribution in [2.45, 2.75) is 44.7 Å². The predicted octanol–water partition coefficient (Wildman–Crippen LogP) is 0.391. The average molecular weight is 282 g/mol. The van der Waals surface area contributed by atoms with Crippen LogP contribution < -0.4 is 10.6 Å². The first kappa shape index (κ1) is 15.3. The molecule has 2 rings (SSSR count). The van der Waals surface area contributed by atoms with Gasteiger partial charge in [0.25, 0.3) is 0 Å². The Balaban J connectivity index is 1.77. The van der Waals surface area contributed by atoms with Gasteiger partial charge in [0.1, 0.15) is 0 Å². The van der Waals surface area contributed by atoms with E-state index in [9.17, 15) is 9.59 Å². The highest BCUT2D eigenvalue weighted by Gasteiger charge is 2.30. The summed E-state index contributed by atoms with van der Waals surface area (Å²) < 4.78 is 0. The number of carbonyl (C=O) groups excluding carboxylic acids is 2. The van der Waals surface area contributed by atoms with Gasteiger partial charge in [0.05, 0.1) is 6.04 Å². The molecule has 0 aromatic heterocycles. The third-order valence-corrected chi connectivity index (χ3v) is 4.58. The second-order valence-corrected chi connectivity index (χ2v) is 5.75. The summed E-state index contributed by atoms with van der Waals surface area (Å²) in [4.78, 5) is 27.8. The number of amides is 3. The molecule has 1 heterocycles. The molecular formula is C14H26N4O2. The van der Waals surface area contributed by atoms with Crippen molar-refractivity contribution in [3.63, 3.8) is 0 Å². The van der Waals surface area contributed by atoms with E-state index >= 15 is 0 Å². The molecule has 1 aliphatic heterocycles. The molecule has 1 saturated heterocycles. The summed E-state index contributed by atoms with van der Waals surface area (Å²) in [6.45, 7) is 5.73. The van der Waals surface area contributed by atoms with Gasteiger partial charge >= 0.3 is 6.03 Å². The van der Waals surface area contributed by atoms with Crippen LogP contribution in [0.3, 0.4) is 0 Å². The van der Waals surface area contributed by atoms with E-state index in [1.165, 1.54) is 32.7 Å². The highest BCUT2D eigenvalue weighted by molar-refractivity contribution is 5.96. The van der Waals surface area contributed by atoms with Gasteiger partial charge < -0.3 is 5.32 Å². The number of rotatable bonds is 3. The smallest absolute Gasteiger partial charge is 0.321 e. The molecule has 1 atom stereocenters. The Labute approximate surface area is 120 Å². The summed E-state index contributed by atoms with van der Waals surface area (Å²) in [5, 5.41) is 4.75. The lowest BCUT2D eigenvalue weighted by Crippen LogP contribution is -2.56. The molecule has 3 amide bonds. The molecule has 0 bridgehead atoms.